The molecule has 1 amide bonds. The summed E-state index contributed by atoms with van der Waals surface area (Å²) in [5.74, 6) is 1.18. The lowest BCUT2D eigenvalue weighted by molar-refractivity contribution is 0.157. The van der Waals surface area contributed by atoms with Crippen molar-refractivity contribution >= 4 is 6.03 Å². The summed E-state index contributed by atoms with van der Waals surface area (Å²) in [6.07, 6.45) is 8.35. The number of tetrazole rings is 2. The van der Waals surface area contributed by atoms with E-state index >= 15 is 0 Å². The Kier molecular flexibility index (Phi) is 7.08. The van der Waals surface area contributed by atoms with Crippen LogP contribution in [-0.2, 0) is 0 Å². The van der Waals surface area contributed by atoms with Crippen molar-refractivity contribution in [1.29, 1.82) is 0 Å². The molecule has 0 atom stereocenters. The summed E-state index contributed by atoms with van der Waals surface area (Å²) in [5, 5.41) is 16.7. The summed E-state index contributed by atoms with van der Waals surface area (Å²) in [4.78, 5) is 37.9. The smallest absolute Gasteiger partial charge is 0.377 e. The molecule has 14 heteroatoms. The molecule has 0 bridgehead atoms. The molecule has 0 unspecified atom stereocenters. The molecule has 0 aromatic carbocycles. The molecule has 1 N–H and O–H groups in total. The van der Waals surface area contributed by atoms with Crippen LogP contribution < -0.4 is 11.4 Å². The van der Waals surface area contributed by atoms with E-state index in [1.807, 2.05) is 6.92 Å². The van der Waals surface area contributed by atoms with Gasteiger partial charge in [-0.15, -0.1) is 4.68 Å². The zero-order valence-corrected chi connectivity index (χ0v) is 19.7. The fourth-order valence-corrected chi connectivity index (χ4v) is 4.13. The molecule has 1 aliphatic carbocycles. The highest BCUT2D eigenvalue weighted by atomic mass is 16.3. The van der Waals surface area contributed by atoms with Crippen molar-refractivity contribution in [3.05, 3.63) is 57.1 Å². The summed E-state index contributed by atoms with van der Waals surface area (Å²) in [7, 11) is 0. The molecule has 4 heterocycles. The molecule has 0 aliphatic heterocycles. The molecule has 4 aromatic heterocycles. The first kappa shape index (κ1) is 23.9. The predicted octanol–water partition coefficient (Wildman–Crippen LogP) is 1.81. The summed E-state index contributed by atoms with van der Waals surface area (Å²) >= 11 is 0. The number of hydrogen-bond donors (Lipinski definition) is 1. The van der Waals surface area contributed by atoms with Crippen LogP contribution in [0.2, 0.25) is 0 Å². The van der Waals surface area contributed by atoms with Crippen molar-refractivity contribution in [3.63, 3.8) is 0 Å². The Balaban J connectivity index is 0.000000201. The van der Waals surface area contributed by atoms with Gasteiger partial charge in [0.05, 0.1) is 12.5 Å². The van der Waals surface area contributed by atoms with Crippen molar-refractivity contribution in [2.45, 2.75) is 58.9 Å². The number of hydrogen-bond acceptors (Lipinski definition) is 9. The van der Waals surface area contributed by atoms with Gasteiger partial charge in [-0.2, -0.15) is 9.36 Å². The first-order valence-corrected chi connectivity index (χ1v) is 11.4. The summed E-state index contributed by atoms with van der Waals surface area (Å²) < 4.78 is 13.2. The van der Waals surface area contributed by atoms with E-state index in [1.165, 1.54) is 18.9 Å². The average molecular weight is 486 g/mol. The van der Waals surface area contributed by atoms with Crippen LogP contribution in [-0.4, -0.2) is 63.5 Å². The van der Waals surface area contributed by atoms with Gasteiger partial charge in [0, 0.05) is 24.7 Å². The van der Waals surface area contributed by atoms with Gasteiger partial charge in [0.15, 0.2) is 0 Å². The number of nitrogens with zero attached hydrogens (tertiary/aromatic N) is 8. The normalized spacial score (nSPS) is 13.9. The third kappa shape index (κ3) is 4.85. The first-order chi connectivity index (χ1) is 16.9. The lowest BCUT2D eigenvalue weighted by Crippen LogP contribution is -2.46. The number of furan rings is 2. The number of carbonyl (C=O) groups excluding carboxylic acids is 1. The lowest BCUT2D eigenvalue weighted by atomic mass is 9.94. The molecule has 1 saturated carbocycles. The van der Waals surface area contributed by atoms with Crippen molar-refractivity contribution in [1.82, 2.24) is 44.9 Å². The number of H-pyrrole nitrogens is 1. The minimum absolute atomic E-state index is 0.175. The highest BCUT2D eigenvalue weighted by Crippen LogP contribution is 2.22. The Morgan fingerprint density at radius 2 is 1.63 bits per heavy atom. The Morgan fingerprint density at radius 3 is 2.14 bits per heavy atom. The molecule has 35 heavy (non-hydrogen) atoms. The Morgan fingerprint density at radius 1 is 1.00 bits per heavy atom. The van der Waals surface area contributed by atoms with E-state index in [1.54, 1.807) is 30.9 Å². The highest BCUT2D eigenvalue weighted by molar-refractivity contribution is 5.75. The number of aromatic amines is 1. The molecule has 1 aliphatic rings. The van der Waals surface area contributed by atoms with Crippen LogP contribution in [0, 0.1) is 13.8 Å². The fraction of sp³-hybridized carbons (Fsp3) is 0.476. The van der Waals surface area contributed by atoms with Crippen molar-refractivity contribution in [2.24, 2.45) is 0 Å². The van der Waals surface area contributed by atoms with Crippen LogP contribution in [0.25, 0.3) is 11.4 Å². The second-order valence-corrected chi connectivity index (χ2v) is 8.09. The van der Waals surface area contributed by atoms with Crippen LogP contribution in [0.5, 0.6) is 0 Å². The largest absolute Gasteiger partial charge is 0.467 e. The van der Waals surface area contributed by atoms with Crippen molar-refractivity contribution in [2.75, 3.05) is 6.54 Å². The SMILES string of the molecule is CCN(C(=O)n1nnn(-c2ccoc2C)c1=O)C1CCCCC1.Cc1occc1-n1nn[nH]c1=O. The van der Waals surface area contributed by atoms with Crippen molar-refractivity contribution in [3.8, 4) is 11.4 Å². The molecule has 0 spiro atoms. The van der Waals surface area contributed by atoms with Gasteiger partial charge in [0.1, 0.15) is 22.9 Å². The van der Waals surface area contributed by atoms with Gasteiger partial charge in [-0.1, -0.05) is 19.3 Å². The molecule has 0 saturated heterocycles. The second-order valence-electron chi connectivity index (χ2n) is 8.09. The third-order valence-electron chi connectivity index (χ3n) is 5.96. The maximum absolute atomic E-state index is 12.7. The van der Waals surface area contributed by atoms with Gasteiger partial charge in [0.25, 0.3) is 0 Å². The number of aryl methyl sites for hydroxylation is 2. The molecule has 186 valence electrons. The van der Waals surface area contributed by atoms with Crippen LogP contribution in [0.3, 0.4) is 0 Å². The van der Waals surface area contributed by atoms with Gasteiger partial charge < -0.3 is 13.7 Å². The quantitative estimate of drug-likeness (QED) is 0.425. The maximum atomic E-state index is 12.7. The van der Waals surface area contributed by atoms with Gasteiger partial charge >= 0.3 is 17.4 Å². The maximum Gasteiger partial charge on any atom is 0.377 e. The van der Waals surface area contributed by atoms with E-state index in [4.69, 9.17) is 8.83 Å². The topological polar surface area (TPSA) is 163 Å². The number of carbonyl (C=O) groups is 1. The minimum Gasteiger partial charge on any atom is -0.467 e. The summed E-state index contributed by atoms with van der Waals surface area (Å²) in [5.41, 5.74) is 0.150. The van der Waals surface area contributed by atoms with Gasteiger partial charge in [-0.25, -0.2) is 19.5 Å². The van der Waals surface area contributed by atoms with Crippen LogP contribution >= 0.6 is 0 Å². The van der Waals surface area contributed by atoms with Crippen LogP contribution in [0.4, 0.5) is 4.79 Å². The van der Waals surface area contributed by atoms with Gasteiger partial charge in [-0.3, -0.25) is 0 Å². The van der Waals surface area contributed by atoms with E-state index in [0.29, 0.717) is 29.4 Å². The minimum atomic E-state index is -0.575. The number of rotatable bonds is 4. The second kappa shape index (κ2) is 10.4. The van der Waals surface area contributed by atoms with E-state index in [9.17, 15) is 14.4 Å². The van der Waals surface area contributed by atoms with E-state index in [-0.39, 0.29) is 11.7 Å². The molecular formula is C21H27N9O5. The van der Waals surface area contributed by atoms with E-state index in [0.717, 1.165) is 39.7 Å². The van der Waals surface area contributed by atoms with Crippen LogP contribution in [0.1, 0.15) is 50.5 Å². The number of aromatic nitrogens is 8. The predicted molar refractivity (Wildman–Crippen MR) is 122 cm³/mol. The highest BCUT2D eigenvalue weighted by Gasteiger charge is 2.28. The van der Waals surface area contributed by atoms with Gasteiger partial charge in [-0.05, 0) is 54.5 Å². The Bertz CT molecular complexity index is 1380. The van der Waals surface area contributed by atoms with Crippen LogP contribution in [0.15, 0.2) is 43.1 Å². The van der Waals surface area contributed by atoms with Crippen molar-refractivity contribution < 1.29 is 13.6 Å². The molecule has 14 nitrogen and oxygen atoms in total. The zero-order chi connectivity index (χ0) is 24.9. The molecule has 1 fully saturated rings. The number of amides is 1. The standard InChI is InChI=1S/C15H21N5O3.C6H6N4O2/c1-3-18(12-7-5-4-6-8-12)14(21)20-15(22)19(16-17-20)13-9-10-23-11(13)2;1-4-5(2-3-12-4)10-6(11)7-8-9-10/h9-10,12H,3-8H2,1-2H3;2-3H,1H3,(H,7,9,11). The monoisotopic (exact) mass is 485 g/mol. The van der Waals surface area contributed by atoms with E-state index in [2.05, 4.69) is 26.0 Å². The van der Waals surface area contributed by atoms with Gasteiger partial charge in [0.2, 0.25) is 0 Å². The molecule has 0 radical (unpaired) electrons. The van der Waals surface area contributed by atoms with E-state index < -0.39 is 11.7 Å². The molecular weight excluding hydrogens is 458 g/mol. The lowest BCUT2D eigenvalue weighted by Gasteiger charge is -2.32. The fourth-order valence-electron chi connectivity index (χ4n) is 4.13. The first-order valence-electron chi connectivity index (χ1n) is 11.4. The zero-order valence-electron chi connectivity index (χ0n) is 19.7. The molecule has 5 rings (SSSR count). The third-order valence-corrected chi connectivity index (χ3v) is 5.96. The Labute approximate surface area is 199 Å². The Hall–Kier alpha value is -4.23. The summed E-state index contributed by atoms with van der Waals surface area (Å²) in [6, 6.07) is 3.05. The summed E-state index contributed by atoms with van der Waals surface area (Å²) in [6.45, 7) is 5.94. The molecule has 4 aromatic rings. The average Bonchev–Trinajstić information content (AvgIpc) is 3.64. The number of nitrogens with one attached hydrogen (secondary N) is 1.